The Bertz CT molecular complexity index is 568. The zero-order valence-electron chi connectivity index (χ0n) is 13.9. The van der Waals surface area contributed by atoms with E-state index in [1.165, 1.54) is 6.42 Å². The highest BCUT2D eigenvalue weighted by Gasteiger charge is 2.46. The summed E-state index contributed by atoms with van der Waals surface area (Å²) in [7, 11) is 0. The number of benzene rings is 1. The number of halogens is 1. The number of hydrogen-bond donors (Lipinski definition) is 1. The lowest BCUT2D eigenvalue weighted by Gasteiger charge is -2.40. The summed E-state index contributed by atoms with van der Waals surface area (Å²) in [5.41, 5.74) is 6.55. The van der Waals surface area contributed by atoms with E-state index in [0.29, 0.717) is 18.4 Å². The van der Waals surface area contributed by atoms with Crippen molar-refractivity contribution in [2.45, 2.75) is 56.9 Å². The van der Waals surface area contributed by atoms with E-state index in [2.05, 4.69) is 17.9 Å². The van der Waals surface area contributed by atoms with Crippen LogP contribution in [-0.4, -0.2) is 29.9 Å². The van der Waals surface area contributed by atoms with Crippen molar-refractivity contribution in [1.82, 2.24) is 4.90 Å². The maximum Gasteiger partial charge on any atom is 0.233 e. The van der Waals surface area contributed by atoms with Gasteiger partial charge in [-0.15, -0.1) is 0 Å². The molecular formula is C19H27ClN2O. The van der Waals surface area contributed by atoms with Crippen LogP contribution in [0, 0.1) is 5.92 Å². The van der Waals surface area contributed by atoms with Crippen LogP contribution in [0.5, 0.6) is 0 Å². The Morgan fingerprint density at radius 2 is 2.09 bits per heavy atom. The molecule has 1 aliphatic heterocycles. The monoisotopic (exact) mass is 334 g/mol. The summed E-state index contributed by atoms with van der Waals surface area (Å²) in [4.78, 5) is 15.6. The zero-order valence-corrected chi connectivity index (χ0v) is 14.7. The number of rotatable bonds is 3. The van der Waals surface area contributed by atoms with Gasteiger partial charge in [0.15, 0.2) is 0 Å². The molecule has 3 nitrogen and oxygen atoms in total. The van der Waals surface area contributed by atoms with E-state index >= 15 is 0 Å². The molecule has 2 atom stereocenters. The minimum Gasteiger partial charge on any atom is -0.339 e. The number of amides is 1. The molecule has 1 saturated carbocycles. The Balaban J connectivity index is 1.94. The van der Waals surface area contributed by atoms with Crippen LogP contribution < -0.4 is 5.73 Å². The van der Waals surface area contributed by atoms with Crippen molar-refractivity contribution < 1.29 is 4.79 Å². The van der Waals surface area contributed by atoms with E-state index in [4.69, 9.17) is 17.3 Å². The van der Waals surface area contributed by atoms with Crippen molar-refractivity contribution >= 4 is 17.5 Å². The van der Waals surface area contributed by atoms with Gasteiger partial charge in [-0.05, 0) is 56.3 Å². The molecule has 1 amide bonds. The van der Waals surface area contributed by atoms with Gasteiger partial charge in [-0.3, -0.25) is 4.79 Å². The second-order valence-electron chi connectivity index (χ2n) is 7.30. The van der Waals surface area contributed by atoms with Gasteiger partial charge in [0.25, 0.3) is 0 Å². The summed E-state index contributed by atoms with van der Waals surface area (Å²) in [5, 5.41) is 0.717. The summed E-state index contributed by atoms with van der Waals surface area (Å²) in [6.07, 6.45) is 6.33. The lowest BCUT2D eigenvalue weighted by atomic mass is 9.68. The molecule has 0 bridgehead atoms. The van der Waals surface area contributed by atoms with Gasteiger partial charge in [-0.25, -0.2) is 0 Å². The van der Waals surface area contributed by atoms with Gasteiger partial charge >= 0.3 is 0 Å². The molecule has 1 aliphatic carbocycles. The van der Waals surface area contributed by atoms with Crippen LogP contribution in [0.4, 0.5) is 0 Å². The quantitative estimate of drug-likeness (QED) is 0.915. The predicted molar refractivity (Wildman–Crippen MR) is 94.6 cm³/mol. The second-order valence-corrected chi connectivity index (χ2v) is 7.73. The fraction of sp³-hybridized carbons (Fsp3) is 0.632. The van der Waals surface area contributed by atoms with Crippen molar-refractivity contribution in [2.24, 2.45) is 11.7 Å². The molecule has 2 unspecified atom stereocenters. The first-order valence-electron chi connectivity index (χ1n) is 8.84. The highest BCUT2D eigenvalue weighted by Crippen LogP contribution is 2.43. The van der Waals surface area contributed by atoms with Gasteiger partial charge in [0.1, 0.15) is 0 Å². The van der Waals surface area contributed by atoms with E-state index in [9.17, 15) is 4.79 Å². The summed E-state index contributed by atoms with van der Waals surface area (Å²) < 4.78 is 0. The van der Waals surface area contributed by atoms with Crippen LogP contribution in [-0.2, 0) is 10.2 Å². The minimum atomic E-state index is -0.388. The molecule has 0 aromatic heterocycles. The van der Waals surface area contributed by atoms with E-state index in [-0.39, 0.29) is 11.5 Å². The Morgan fingerprint density at radius 3 is 2.70 bits per heavy atom. The maximum atomic E-state index is 13.5. The van der Waals surface area contributed by atoms with Gasteiger partial charge in [-0.1, -0.05) is 43.0 Å². The maximum absolute atomic E-state index is 13.5. The van der Waals surface area contributed by atoms with E-state index in [1.54, 1.807) is 0 Å². The van der Waals surface area contributed by atoms with Gasteiger partial charge in [-0.2, -0.15) is 0 Å². The summed E-state index contributed by atoms with van der Waals surface area (Å²) in [6, 6.07) is 8.21. The molecule has 2 fully saturated rings. The average molecular weight is 335 g/mol. The second kappa shape index (κ2) is 6.82. The third-order valence-electron chi connectivity index (χ3n) is 5.75. The zero-order chi connectivity index (χ0) is 16.4. The largest absolute Gasteiger partial charge is 0.339 e. The van der Waals surface area contributed by atoms with E-state index in [1.807, 2.05) is 18.2 Å². The molecule has 1 aromatic carbocycles. The van der Waals surface area contributed by atoms with E-state index in [0.717, 1.165) is 49.2 Å². The summed E-state index contributed by atoms with van der Waals surface area (Å²) >= 11 is 6.22. The van der Waals surface area contributed by atoms with Crippen molar-refractivity contribution in [1.29, 1.82) is 0 Å². The van der Waals surface area contributed by atoms with Crippen molar-refractivity contribution in [2.75, 3.05) is 13.1 Å². The third-order valence-corrected chi connectivity index (χ3v) is 5.98. The number of carbonyl (C=O) groups is 1. The highest BCUT2D eigenvalue weighted by atomic mass is 35.5. The first kappa shape index (κ1) is 16.8. The van der Waals surface area contributed by atoms with E-state index < -0.39 is 0 Å². The van der Waals surface area contributed by atoms with Crippen LogP contribution in [0.1, 0.15) is 51.0 Å². The topological polar surface area (TPSA) is 46.3 Å². The Labute approximate surface area is 144 Å². The molecule has 1 heterocycles. The molecule has 1 saturated heterocycles. The Kier molecular flexibility index (Phi) is 4.98. The van der Waals surface area contributed by atoms with Gasteiger partial charge < -0.3 is 10.6 Å². The SMILES string of the molecule is CC1CC(CN)CN1C(=O)C1(c2cccc(Cl)c2)CCCCC1. The number of likely N-dealkylation sites (tertiary alicyclic amines) is 1. The molecule has 4 heteroatoms. The molecule has 1 aromatic rings. The summed E-state index contributed by atoms with van der Waals surface area (Å²) in [5.74, 6) is 0.733. The molecule has 0 radical (unpaired) electrons. The molecule has 0 spiro atoms. The molecule has 3 rings (SSSR count). The van der Waals surface area contributed by atoms with Crippen molar-refractivity contribution in [3.8, 4) is 0 Å². The van der Waals surface area contributed by atoms with Gasteiger partial charge in [0.05, 0.1) is 5.41 Å². The predicted octanol–water partition coefficient (Wildman–Crippen LogP) is 3.74. The first-order chi connectivity index (χ1) is 11.1. The minimum absolute atomic E-state index is 0.286. The number of carbonyl (C=O) groups excluding carboxylic acids is 1. The standard InChI is InChI=1S/C19H27ClN2O/c1-14-10-15(12-21)13-22(14)18(23)19(8-3-2-4-9-19)16-6-5-7-17(20)11-16/h5-7,11,14-15H,2-4,8-10,12-13,21H2,1H3. The summed E-state index contributed by atoms with van der Waals surface area (Å²) in [6.45, 7) is 3.62. The number of nitrogens with two attached hydrogens (primary N) is 1. The van der Waals surface area contributed by atoms with Crippen LogP contribution in [0.3, 0.4) is 0 Å². The smallest absolute Gasteiger partial charge is 0.233 e. The molecule has 23 heavy (non-hydrogen) atoms. The van der Waals surface area contributed by atoms with Gasteiger partial charge in [0.2, 0.25) is 5.91 Å². The molecule has 2 aliphatic rings. The number of hydrogen-bond acceptors (Lipinski definition) is 2. The Morgan fingerprint density at radius 1 is 1.35 bits per heavy atom. The van der Waals surface area contributed by atoms with Crippen LogP contribution in [0.2, 0.25) is 5.02 Å². The third kappa shape index (κ3) is 3.14. The normalized spacial score (nSPS) is 27.2. The lowest BCUT2D eigenvalue weighted by molar-refractivity contribution is -0.139. The fourth-order valence-corrected chi connectivity index (χ4v) is 4.63. The number of nitrogens with zero attached hydrogens (tertiary/aromatic N) is 1. The highest BCUT2D eigenvalue weighted by molar-refractivity contribution is 6.30. The van der Waals surface area contributed by atoms with Crippen LogP contribution in [0.25, 0.3) is 0 Å². The van der Waals surface area contributed by atoms with Crippen molar-refractivity contribution in [3.05, 3.63) is 34.9 Å². The molecular weight excluding hydrogens is 308 g/mol. The molecule has 2 N–H and O–H groups in total. The molecule has 126 valence electrons. The van der Waals surface area contributed by atoms with Crippen molar-refractivity contribution in [3.63, 3.8) is 0 Å². The fourth-order valence-electron chi connectivity index (χ4n) is 4.44. The van der Waals surface area contributed by atoms with Crippen LogP contribution in [0.15, 0.2) is 24.3 Å². The Hall–Kier alpha value is -1.06. The van der Waals surface area contributed by atoms with Crippen LogP contribution >= 0.6 is 11.6 Å². The average Bonchev–Trinajstić information content (AvgIpc) is 2.95. The van der Waals surface area contributed by atoms with Gasteiger partial charge in [0, 0.05) is 17.6 Å². The lowest BCUT2D eigenvalue weighted by Crippen LogP contribution is -2.49. The first-order valence-corrected chi connectivity index (χ1v) is 9.22.